The van der Waals surface area contributed by atoms with E-state index in [-0.39, 0.29) is 0 Å². The first-order valence-electron chi connectivity index (χ1n) is 6.84. The molecule has 0 unspecified atom stereocenters. The van der Waals surface area contributed by atoms with Gasteiger partial charge in [0.05, 0.1) is 17.8 Å². The zero-order valence-corrected chi connectivity index (χ0v) is 12.0. The molecule has 0 fully saturated rings. The number of halogens is 3. The third-order valence-corrected chi connectivity index (χ3v) is 3.06. The summed E-state index contributed by atoms with van der Waals surface area (Å²) in [6.45, 7) is 5.25. The Kier molecular flexibility index (Phi) is 4.55. The molecular weight excluding hydrogens is 279 g/mol. The number of imidazole rings is 1. The van der Waals surface area contributed by atoms with Crippen molar-refractivity contribution in [3.8, 4) is 0 Å². The van der Waals surface area contributed by atoms with Crippen molar-refractivity contribution in [1.82, 2.24) is 9.55 Å². The predicted octanol–water partition coefficient (Wildman–Crippen LogP) is 4.08. The van der Waals surface area contributed by atoms with Crippen LogP contribution in [0.5, 0.6) is 0 Å². The molecule has 0 aliphatic heterocycles. The van der Waals surface area contributed by atoms with E-state index < -0.39 is 11.7 Å². The van der Waals surface area contributed by atoms with Crippen molar-refractivity contribution in [3.05, 3.63) is 47.3 Å². The van der Waals surface area contributed by atoms with Gasteiger partial charge >= 0.3 is 6.18 Å². The maximum absolute atomic E-state index is 12.5. The van der Waals surface area contributed by atoms with Gasteiger partial charge in [-0.2, -0.15) is 13.2 Å². The van der Waals surface area contributed by atoms with Crippen LogP contribution in [0.3, 0.4) is 0 Å². The Bertz CT molecular complexity index is 585. The molecule has 1 aromatic heterocycles. The molecule has 0 aliphatic rings. The Morgan fingerprint density at radius 3 is 2.43 bits per heavy atom. The summed E-state index contributed by atoms with van der Waals surface area (Å²) in [5, 5.41) is 3.21. The van der Waals surface area contributed by atoms with Crippen LogP contribution in [0.15, 0.2) is 30.5 Å². The highest BCUT2D eigenvalue weighted by molar-refractivity contribution is 5.31. The molecule has 21 heavy (non-hydrogen) atoms. The lowest BCUT2D eigenvalue weighted by Crippen LogP contribution is -2.09. The van der Waals surface area contributed by atoms with Crippen LogP contribution in [0.25, 0.3) is 0 Å². The van der Waals surface area contributed by atoms with Gasteiger partial charge in [-0.05, 0) is 31.0 Å². The van der Waals surface area contributed by atoms with Crippen LogP contribution >= 0.6 is 0 Å². The van der Waals surface area contributed by atoms with Crippen LogP contribution in [0, 0.1) is 6.92 Å². The maximum atomic E-state index is 12.5. The summed E-state index contributed by atoms with van der Waals surface area (Å²) < 4.78 is 39.5. The Hall–Kier alpha value is -1.98. The quantitative estimate of drug-likeness (QED) is 0.901. The van der Waals surface area contributed by atoms with Crippen molar-refractivity contribution in [2.24, 2.45) is 0 Å². The smallest absolute Gasteiger partial charge is 0.356 e. The lowest BCUT2D eigenvalue weighted by molar-refractivity contribution is -0.137. The molecule has 0 radical (unpaired) electrons. The summed E-state index contributed by atoms with van der Waals surface area (Å²) in [6.07, 6.45) is -1.43. The molecule has 3 nitrogen and oxygen atoms in total. The fraction of sp³-hybridized carbons (Fsp3) is 0.400. The van der Waals surface area contributed by atoms with E-state index in [2.05, 4.69) is 17.2 Å². The molecule has 0 aliphatic carbocycles. The molecule has 2 rings (SSSR count). The molecule has 1 N–H and O–H groups in total. The van der Waals surface area contributed by atoms with Crippen molar-refractivity contribution < 1.29 is 13.2 Å². The fourth-order valence-electron chi connectivity index (χ4n) is 2.04. The average molecular weight is 297 g/mol. The van der Waals surface area contributed by atoms with E-state index in [1.165, 1.54) is 12.1 Å². The third-order valence-electron chi connectivity index (χ3n) is 3.06. The van der Waals surface area contributed by atoms with Gasteiger partial charge in [0.2, 0.25) is 5.95 Å². The van der Waals surface area contributed by atoms with Gasteiger partial charge in [0.1, 0.15) is 0 Å². The molecule has 0 saturated heterocycles. The summed E-state index contributed by atoms with van der Waals surface area (Å²) >= 11 is 0. The van der Waals surface area contributed by atoms with Crippen LogP contribution in [0.4, 0.5) is 19.1 Å². The number of nitrogens with zero attached hydrogens (tertiary/aromatic N) is 2. The van der Waals surface area contributed by atoms with E-state index >= 15 is 0 Å². The first-order valence-corrected chi connectivity index (χ1v) is 6.84. The Morgan fingerprint density at radius 2 is 1.86 bits per heavy atom. The highest BCUT2D eigenvalue weighted by Crippen LogP contribution is 2.29. The standard InChI is InChI=1S/C15H18F3N3/c1-3-8-19-14-20-11(2)9-21(14)10-12-4-6-13(7-5-12)15(16,17)18/h4-7,9H,3,8,10H2,1-2H3,(H,19,20). The van der Waals surface area contributed by atoms with Crippen LogP contribution in [0.1, 0.15) is 30.2 Å². The van der Waals surface area contributed by atoms with Crippen molar-refractivity contribution in [3.63, 3.8) is 0 Å². The van der Waals surface area contributed by atoms with Crippen LogP contribution in [0.2, 0.25) is 0 Å². The van der Waals surface area contributed by atoms with Crippen molar-refractivity contribution in [2.75, 3.05) is 11.9 Å². The molecule has 0 amide bonds. The zero-order chi connectivity index (χ0) is 15.5. The molecule has 0 saturated carbocycles. The van der Waals surface area contributed by atoms with Crippen LogP contribution in [-0.4, -0.2) is 16.1 Å². The van der Waals surface area contributed by atoms with Gasteiger partial charge in [-0.15, -0.1) is 0 Å². The van der Waals surface area contributed by atoms with Crippen LogP contribution in [-0.2, 0) is 12.7 Å². The summed E-state index contributed by atoms with van der Waals surface area (Å²) in [4.78, 5) is 4.37. The van der Waals surface area contributed by atoms with E-state index in [0.717, 1.165) is 42.3 Å². The number of benzene rings is 1. The molecule has 0 atom stereocenters. The second-order valence-electron chi connectivity index (χ2n) is 4.96. The van der Waals surface area contributed by atoms with Gasteiger partial charge in [-0.1, -0.05) is 19.1 Å². The highest BCUT2D eigenvalue weighted by atomic mass is 19.4. The molecular formula is C15H18F3N3. The molecule has 1 aromatic carbocycles. The number of aryl methyl sites for hydroxylation is 1. The Labute approximate surface area is 121 Å². The van der Waals surface area contributed by atoms with E-state index in [0.29, 0.717) is 6.54 Å². The monoisotopic (exact) mass is 297 g/mol. The average Bonchev–Trinajstić information content (AvgIpc) is 2.76. The Balaban J connectivity index is 2.14. The second-order valence-corrected chi connectivity index (χ2v) is 4.96. The van der Waals surface area contributed by atoms with Gasteiger partial charge in [0.15, 0.2) is 0 Å². The van der Waals surface area contributed by atoms with Gasteiger partial charge in [-0.25, -0.2) is 4.98 Å². The van der Waals surface area contributed by atoms with E-state index in [1.54, 1.807) is 0 Å². The molecule has 0 bridgehead atoms. The summed E-state index contributed by atoms with van der Waals surface area (Å²) in [7, 11) is 0. The first-order chi connectivity index (χ1) is 9.90. The molecule has 1 heterocycles. The lowest BCUT2D eigenvalue weighted by atomic mass is 10.1. The topological polar surface area (TPSA) is 29.9 Å². The van der Waals surface area contributed by atoms with Crippen molar-refractivity contribution >= 4 is 5.95 Å². The maximum Gasteiger partial charge on any atom is 0.416 e. The molecule has 6 heteroatoms. The minimum atomic E-state index is -4.29. The van der Waals surface area contributed by atoms with Crippen molar-refractivity contribution in [1.29, 1.82) is 0 Å². The number of hydrogen-bond donors (Lipinski definition) is 1. The molecule has 114 valence electrons. The highest BCUT2D eigenvalue weighted by Gasteiger charge is 2.29. The number of anilines is 1. The van der Waals surface area contributed by atoms with Crippen LogP contribution < -0.4 is 5.32 Å². The first kappa shape index (κ1) is 15.4. The van der Waals surface area contributed by atoms with Crippen molar-refractivity contribution in [2.45, 2.75) is 33.0 Å². The van der Waals surface area contributed by atoms with E-state index in [1.807, 2.05) is 17.7 Å². The number of rotatable bonds is 5. The lowest BCUT2D eigenvalue weighted by Gasteiger charge is -2.10. The van der Waals surface area contributed by atoms with Gasteiger partial charge in [-0.3, -0.25) is 0 Å². The van der Waals surface area contributed by atoms with E-state index in [4.69, 9.17) is 0 Å². The minimum Gasteiger partial charge on any atom is -0.356 e. The zero-order valence-electron chi connectivity index (χ0n) is 12.0. The SMILES string of the molecule is CCCNc1nc(C)cn1Cc1ccc(C(F)(F)F)cc1. The normalized spacial score (nSPS) is 11.7. The number of hydrogen-bond acceptors (Lipinski definition) is 2. The van der Waals surface area contributed by atoms with Gasteiger partial charge in [0.25, 0.3) is 0 Å². The predicted molar refractivity (Wildman–Crippen MR) is 76.3 cm³/mol. The summed E-state index contributed by atoms with van der Waals surface area (Å²) in [5.41, 5.74) is 1.05. The molecule has 2 aromatic rings. The second kappa shape index (κ2) is 6.20. The number of aromatic nitrogens is 2. The minimum absolute atomic E-state index is 0.491. The van der Waals surface area contributed by atoms with Gasteiger partial charge in [0, 0.05) is 12.7 Å². The third kappa shape index (κ3) is 4.00. The largest absolute Gasteiger partial charge is 0.416 e. The van der Waals surface area contributed by atoms with Gasteiger partial charge < -0.3 is 9.88 Å². The summed E-state index contributed by atoms with van der Waals surface area (Å²) in [5.74, 6) is 0.745. The number of nitrogens with one attached hydrogen (secondary N) is 1. The van der Waals surface area contributed by atoms with E-state index in [9.17, 15) is 13.2 Å². The Morgan fingerprint density at radius 1 is 1.19 bits per heavy atom. The molecule has 0 spiro atoms. The summed E-state index contributed by atoms with van der Waals surface area (Å²) in [6, 6.07) is 5.22. The number of alkyl halides is 3. The fourth-order valence-corrected chi connectivity index (χ4v) is 2.04.